The Bertz CT molecular complexity index is 534. The molecule has 3 nitrogen and oxygen atoms in total. The van der Waals surface area contributed by atoms with Crippen LogP contribution >= 0.6 is 0 Å². The van der Waals surface area contributed by atoms with Crippen molar-refractivity contribution < 1.29 is 9.18 Å². The van der Waals surface area contributed by atoms with E-state index in [1.807, 2.05) is 13.0 Å². The third-order valence-electron chi connectivity index (χ3n) is 4.84. The van der Waals surface area contributed by atoms with E-state index in [0.29, 0.717) is 6.04 Å². The van der Waals surface area contributed by atoms with Gasteiger partial charge in [-0.15, -0.1) is 0 Å². The summed E-state index contributed by atoms with van der Waals surface area (Å²) in [5.41, 5.74) is 1.79. The highest BCUT2D eigenvalue weighted by molar-refractivity contribution is 5.86. The maximum atomic E-state index is 13.2. The van der Waals surface area contributed by atoms with Crippen molar-refractivity contribution in [1.29, 1.82) is 0 Å². The first-order valence-corrected chi connectivity index (χ1v) is 7.86. The smallest absolute Gasteiger partial charge is 0.226 e. The number of hydrogen-bond donors (Lipinski definition) is 2. The Labute approximate surface area is 125 Å². The molecule has 1 aromatic carbocycles. The second-order valence-corrected chi connectivity index (χ2v) is 6.53. The van der Waals surface area contributed by atoms with E-state index < -0.39 is 0 Å². The molecule has 0 atom stereocenters. The maximum absolute atomic E-state index is 13.2. The average Bonchev–Trinajstić information content (AvgIpc) is 3.24. The molecule has 2 fully saturated rings. The zero-order valence-electron chi connectivity index (χ0n) is 12.5. The summed E-state index contributed by atoms with van der Waals surface area (Å²) in [5.74, 6) is -0.0154. The van der Waals surface area contributed by atoms with Gasteiger partial charge in [0.15, 0.2) is 0 Å². The fourth-order valence-corrected chi connectivity index (χ4v) is 3.16. The summed E-state index contributed by atoms with van der Waals surface area (Å²) in [4.78, 5) is 12.6. The van der Waals surface area contributed by atoms with Gasteiger partial charge in [-0.1, -0.05) is 6.07 Å². The van der Waals surface area contributed by atoms with Crippen molar-refractivity contribution in [2.45, 2.75) is 45.1 Å². The molecular weight excluding hydrogens is 267 g/mol. The van der Waals surface area contributed by atoms with Gasteiger partial charge in [0.05, 0.1) is 5.41 Å². The Kier molecular flexibility index (Phi) is 3.98. The Morgan fingerprint density at radius 3 is 2.71 bits per heavy atom. The van der Waals surface area contributed by atoms with E-state index >= 15 is 0 Å². The van der Waals surface area contributed by atoms with Crippen LogP contribution in [0.25, 0.3) is 0 Å². The largest absolute Gasteiger partial charge is 0.353 e. The molecule has 2 aliphatic rings. The molecule has 21 heavy (non-hydrogen) atoms. The molecular formula is C17H23FN2O. The number of carbonyl (C=O) groups is 1. The topological polar surface area (TPSA) is 41.1 Å². The van der Waals surface area contributed by atoms with Gasteiger partial charge in [0, 0.05) is 6.04 Å². The molecule has 4 heteroatoms. The molecule has 1 aliphatic carbocycles. The zero-order valence-corrected chi connectivity index (χ0v) is 12.5. The molecule has 1 aliphatic heterocycles. The molecule has 0 bridgehead atoms. The standard InChI is InChI=1S/C17H23FN2O/c1-12-10-14(18)3-2-13(12)11-17(6-7-17)16(21)20-15-4-8-19-9-5-15/h2-3,10,15,19H,4-9,11H2,1H3,(H,20,21). The number of hydrogen-bond acceptors (Lipinski definition) is 2. The van der Waals surface area contributed by atoms with E-state index in [0.717, 1.165) is 56.3 Å². The number of rotatable bonds is 4. The summed E-state index contributed by atoms with van der Waals surface area (Å²) in [6.45, 7) is 3.88. The average molecular weight is 290 g/mol. The number of amides is 1. The number of halogens is 1. The van der Waals surface area contributed by atoms with Crippen LogP contribution in [0.4, 0.5) is 4.39 Å². The Morgan fingerprint density at radius 2 is 2.10 bits per heavy atom. The summed E-state index contributed by atoms with van der Waals surface area (Å²) < 4.78 is 13.2. The molecule has 0 aromatic heterocycles. The van der Waals surface area contributed by atoms with Crippen LogP contribution in [0, 0.1) is 18.2 Å². The van der Waals surface area contributed by atoms with Gasteiger partial charge >= 0.3 is 0 Å². The fourth-order valence-electron chi connectivity index (χ4n) is 3.16. The van der Waals surface area contributed by atoms with Crippen LogP contribution < -0.4 is 10.6 Å². The zero-order chi connectivity index (χ0) is 14.9. The molecule has 1 saturated carbocycles. The van der Waals surface area contributed by atoms with Crippen molar-refractivity contribution in [2.75, 3.05) is 13.1 Å². The van der Waals surface area contributed by atoms with Crippen LogP contribution in [0.5, 0.6) is 0 Å². The van der Waals surface area contributed by atoms with Gasteiger partial charge in [0.2, 0.25) is 5.91 Å². The van der Waals surface area contributed by atoms with Gasteiger partial charge < -0.3 is 10.6 Å². The van der Waals surface area contributed by atoms with E-state index in [-0.39, 0.29) is 17.1 Å². The highest BCUT2D eigenvalue weighted by Gasteiger charge is 2.50. The molecule has 0 spiro atoms. The molecule has 1 amide bonds. The Morgan fingerprint density at radius 1 is 1.38 bits per heavy atom. The van der Waals surface area contributed by atoms with E-state index in [1.165, 1.54) is 6.07 Å². The summed E-state index contributed by atoms with van der Waals surface area (Å²) in [5, 5.41) is 6.53. The van der Waals surface area contributed by atoms with Crippen LogP contribution in [-0.2, 0) is 11.2 Å². The fraction of sp³-hybridized carbons (Fsp3) is 0.588. The highest BCUT2D eigenvalue weighted by Crippen LogP contribution is 2.49. The third kappa shape index (κ3) is 3.26. The lowest BCUT2D eigenvalue weighted by Crippen LogP contribution is -2.45. The summed E-state index contributed by atoms with van der Waals surface area (Å²) in [6.07, 6.45) is 4.64. The van der Waals surface area contributed by atoms with Gasteiger partial charge in [-0.3, -0.25) is 4.79 Å². The second kappa shape index (κ2) is 5.76. The lowest BCUT2D eigenvalue weighted by atomic mass is 9.92. The highest BCUT2D eigenvalue weighted by atomic mass is 19.1. The predicted molar refractivity (Wildman–Crippen MR) is 80.5 cm³/mol. The number of aryl methyl sites for hydroxylation is 1. The number of carbonyl (C=O) groups excluding carboxylic acids is 1. The number of piperidine rings is 1. The van der Waals surface area contributed by atoms with Crippen LogP contribution in [0.2, 0.25) is 0 Å². The van der Waals surface area contributed by atoms with E-state index in [9.17, 15) is 9.18 Å². The number of nitrogens with one attached hydrogen (secondary N) is 2. The summed E-state index contributed by atoms with van der Waals surface area (Å²) in [6, 6.07) is 5.17. The quantitative estimate of drug-likeness (QED) is 0.893. The first-order valence-electron chi connectivity index (χ1n) is 7.86. The van der Waals surface area contributed by atoms with Gasteiger partial charge in [-0.05, 0) is 75.4 Å². The first-order chi connectivity index (χ1) is 10.1. The molecule has 114 valence electrons. The Balaban J connectivity index is 1.64. The van der Waals surface area contributed by atoms with E-state index in [4.69, 9.17) is 0 Å². The first kappa shape index (κ1) is 14.5. The molecule has 1 heterocycles. The minimum absolute atomic E-state index is 0.193. The molecule has 2 N–H and O–H groups in total. The molecule has 1 saturated heterocycles. The van der Waals surface area contributed by atoms with Crippen LogP contribution in [0.1, 0.15) is 36.8 Å². The van der Waals surface area contributed by atoms with Crippen LogP contribution in [0.3, 0.4) is 0 Å². The van der Waals surface area contributed by atoms with Crippen molar-refractivity contribution in [3.8, 4) is 0 Å². The lowest BCUT2D eigenvalue weighted by Gasteiger charge is -2.26. The number of benzene rings is 1. The van der Waals surface area contributed by atoms with Gasteiger partial charge in [0.1, 0.15) is 5.82 Å². The second-order valence-electron chi connectivity index (χ2n) is 6.53. The molecule has 1 aromatic rings. The van der Waals surface area contributed by atoms with E-state index in [2.05, 4.69) is 10.6 Å². The Hall–Kier alpha value is -1.42. The molecule has 0 unspecified atom stereocenters. The van der Waals surface area contributed by atoms with Crippen molar-refractivity contribution >= 4 is 5.91 Å². The summed E-state index contributed by atoms with van der Waals surface area (Å²) in [7, 11) is 0. The van der Waals surface area contributed by atoms with Crippen molar-refractivity contribution in [3.05, 3.63) is 35.1 Å². The minimum atomic E-state index is -0.243. The SMILES string of the molecule is Cc1cc(F)ccc1CC1(C(=O)NC2CCNCC2)CC1. The maximum Gasteiger partial charge on any atom is 0.226 e. The van der Waals surface area contributed by atoms with Crippen LogP contribution in [-0.4, -0.2) is 25.0 Å². The van der Waals surface area contributed by atoms with Gasteiger partial charge in [-0.2, -0.15) is 0 Å². The van der Waals surface area contributed by atoms with Crippen LogP contribution in [0.15, 0.2) is 18.2 Å². The normalized spacial score (nSPS) is 21.0. The lowest BCUT2D eigenvalue weighted by molar-refractivity contribution is -0.127. The third-order valence-corrected chi connectivity index (χ3v) is 4.84. The molecule has 3 rings (SSSR count). The van der Waals surface area contributed by atoms with Crippen molar-refractivity contribution in [2.24, 2.45) is 5.41 Å². The predicted octanol–water partition coefficient (Wildman–Crippen LogP) is 2.33. The summed E-state index contributed by atoms with van der Waals surface area (Å²) >= 11 is 0. The van der Waals surface area contributed by atoms with Gasteiger partial charge in [0.25, 0.3) is 0 Å². The monoisotopic (exact) mass is 290 g/mol. The van der Waals surface area contributed by atoms with Gasteiger partial charge in [-0.25, -0.2) is 4.39 Å². The van der Waals surface area contributed by atoms with E-state index in [1.54, 1.807) is 6.07 Å². The minimum Gasteiger partial charge on any atom is -0.353 e. The molecule has 0 radical (unpaired) electrons. The van der Waals surface area contributed by atoms with Crippen molar-refractivity contribution in [3.63, 3.8) is 0 Å². The van der Waals surface area contributed by atoms with Crippen molar-refractivity contribution in [1.82, 2.24) is 10.6 Å².